The number of benzene rings is 1. The summed E-state index contributed by atoms with van der Waals surface area (Å²) in [4.78, 5) is 14.2. The molecule has 9 nitrogen and oxygen atoms in total. The van der Waals surface area contributed by atoms with Crippen molar-refractivity contribution in [3.63, 3.8) is 0 Å². The fraction of sp³-hybridized carbons (Fsp3) is 0.577. The lowest BCUT2D eigenvalue weighted by Gasteiger charge is -2.62. The van der Waals surface area contributed by atoms with Gasteiger partial charge in [-0.2, -0.15) is 5.10 Å². The van der Waals surface area contributed by atoms with Gasteiger partial charge in [-0.25, -0.2) is 14.6 Å². The standard InChI is InChI=1S/C26H30ClN7O2/c1-15-2-17-7-28-24(31-19-8-29-34(23(19)27)26-4-16(5-26)6-26)30-18(17)3-20(15)32-11-25(12-32)13-33(14-25)21-9-36-10-22(21)35/h2-3,7-8,16,21-22,35H,4-6,9-14H2,1H3,(H,28,30,31)/t16?,21-,22+,26?/m1/s1. The van der Waals surface area contributed by atoms with Gasteiger partial charge in [-0.1, -0.05) is 11.6 Å². The highest BCUT2D eigenvalue weighted by molar-refractivity contribution is 6.32. The van der Waals surface area contributed by atoms with Crippen molar-refractivity contribution in [1.29, 1.82) is 0 Å². The molecule has 0 amide bonds. The summed E-state index contributed by atoms with van der Waals surface area (Å²) >= 11 is 6.69. The molecule has 2 N–H and O–H groups in total. The molecule has 3 saturated carbocycles. The van der Waals surface area contributed by atoms with Crippen molar-refractivity contribution in [2.45, 2.75) is 43.9 Å². The first-order chi connectivity index (χ1) is 17.4. The zero-order valence-electron chi connectivity index (χ0n) is 20.3. The van der Waals surface area contributed by atoms with Crippen LogP contribution < -0.4 is 10.2 Å². The Morgan fingerprint density at radius 2 is 1.92 bits per heavy atom. The van der Waals surface area contributed by atoms with E-state index in [1.54, 1.807) is 6.20 Å². The van der Waals surface area contributed by atoms with E-state index >= 15 is 0 Å². The lowest BCUT2D eigenvalue weighted by molar-refractivity contribution is -0.0975. The Morgan fingerprint density at radius 3 is 2.61 bits per heavy atom. The zero-order chi connectivity index (χ0) is 24.2. The fourth-order valence-corrected chi connectivity index (χ4v) is 7.53. The Hall–Kier alpha value is -2.46. The first kappa shape index (κ1) is 21.6. The molecule has 1 aromatic carbocycles. The lowest BCUT2D eigenvalue weighted by Crippen LogP contribution is -2.74. The first-order valence-electron chi connectivity index (χ1n) is 12.9. The molecule has 9 rings (SSSR count). The highest BCUT2D eigenvalue weighted by Crippen LogP contribution is 2.63. The van der Waals surface area contributed by atoms with Crippen molar-refractivity contribution in [3.05, 3.63) is 35.2 Å². The van der Waals surface area contributed by atoms with E-state index in [4.69, 9.17) is 21.3 Å². The Kier molecular flexibility index (Phi) is 4.39. The van der Waals surface area contributed by atoms with Gasteiger partial charge in [0.1, 0.15) is 0 Å². The van der Waals surface area contributed by atoms with Crippen LogP contribution >= 0.6 is 11.6 Å². The summed E-state index contributed by atoms with van der Waals surface area (Å²) in [6, 6.07) is 4.52. The van der Waals surface area contributed by atoms with Crippen molar-refractivity contribution < 1.29 is 9.84 Å². The Morgan fingerprint density at radius 1 is 1.11 bits per heavy atom. The number of hydrogen-bond acceptors (Lipinski definition) is 8. The van der Waals surface area contributed by atoms with Gasteiger partial charge in [0.15, 0.2) is 5.15 Å². The molecule has 6 fully saturated rings. The van der Waals surface area contributed by atoms with Gasteiger partial charge in [-0.3, -0.25) is 4.90 Å². The average Bonchev–Trinajstić information content (AvgIpc) is 3.31. The van der Waals surface area contributed by atoms with E-state index in [2.05, 4.69) is 44.3 Å². The molecule has 3 aromatic rings. The fourth-order valence-electron chi connectivity index (χ4n) is 7.21. The predicted octanol–water partition coefficient (Wildman–Crippen LogP) is 2.92. The maximum atomic E-state index is 10.1. The number of ether oxygens (including phenoxy) is 1. The monoisotopic (exact) mass is 507 g/mol. The molecule has 3 aliphatic heterocycles. The summed E-state index contributed by atoms with van der Waals surface area (Å²) in [6.45, 7) is 7.41. The second kappa shape index (κ2) is 7.31. The molecule has 0 unspecified atom stereocenters. The molecule has 3 saturated heterocycles. The number of nitrogens with zero attached hydrogens (tertiary/aromatic N) is 6. The average molecular weight is 508 g/mol. The largest absolute Gasteiger partial charge is 0.389 e. The van der Waals surface area contributed by atoms with Crippen LogP contribution in [0.25, 0.3) is 10.9 Å². The highest BCUT2D eigenvalue weighted by Gasteiger charge is 2.59. The van der Waals surface area contributed by atoms with Gasteiger partial charge in [0.05, 0.1) is 48.3 Å². The minimum Gasteiger partial charge on any atom is -0.389 e. The first-order valence-corrected chi connectivity index (χ1v) is 13.3. The van der Waals surface area contributed by atoms with Crippen LogP contribution in [0.1, 0.15) is 24.8 Å². The minimum atomic E-state index is -0.351. The molecule has 1 spiro atoms. The topological polar surface area (TPSA) is 91.6 Å². The van der Waals surface area contributed by atoms with Crippen LogP contribution in [0, 0.1) is 18.3 Å². The van der Waals surface area contributed by atoms with Crippen LogP contribution in [-0.2, 0) is 10.3 Å². The van der Waals surface area contributed by atoms with Crippen molar-refractivity contribution in [2.75, 3.05) is 49.6 Å². The number of aliphatic hydroxyl groups excluding tert-OH is 1. The molecule has 10 heteroatoms. The van der Waals surface area contributed by atoms with E-state index in [0.29, 0.717) is 29.7 Å². The van der Waals surface area contributed by atoms with Crippen molar-refractivity contribution >= 4 is 39.8 Å². The van der Waals surface area contributed by atoms with Crippen molar-refractivity contribution in [3.8, 4) is 0 Å². The predicted molar refractivity (Wildman–Crippen MR) is 137 cm³/mol. The number of likely N-dealkylation sites (tertiary alicyclic amines) is 1. The molecule has 5 heterocycles. The summed E-state index contributed by atoms with van der Waals surface area (Å²) in [5, 5.41) is 19.7. The number of hydrogen-bond donors (Lipinski definition) is 2. The van der Waals surface area contributed by atoms with Crippen molar-refractivity contribution in [1.82, 2.24) is 24.6 Å². The number of nitrogens with one attached hydrogen (secondary N) is 1. The van der Waals surface area contributed by atoms with E-state index < -0.39 is 0 Å². The maximum absolute atomic E-state index is 10.1. The number of aryl methyl sites for hydroxylation is 1. The molecule has 0 radical (unpaired) electrons. The van der Waals surface area contributed by atoms with E-state index in [1.807, 2.05) is 10.9 Å². The van der Waals surface area contributed by atoms with E-state index in [1.165, 1.54) is 30.5 Å². The van der Waals surface area contributed by atoms with Crippen LogP contribution in [0.15, 0.2) is 24.5 Å². The summed E-state index contributed by atoms with van der Waals surface area (Å²) in [5.41, 5.74) is 4.62. The molecular formula is C26H30ClN7O2. The van der Waals surface area contributed by atoms with Gasteiger partial charge < -0.3 is 20.1 Å². The van der Waals surface area contributed by atoms with Gasteiger partial charge in [-0.15, -0.1) is 0 Å². The molecule has 2 aromatic heterocycles. The number of anilines is 3. The van der Waals surface area contributed by atoms with Gasteiger partial charge in [0.2, 0.25) is 5.95 Å². The van der Waals surface area contributed by atoms with E-state index in [-0.39, 0.29) is 17.7 Å². The molecule has 188 valence electrons. The van der Waals surface area contributed by atoms with Crippen LogP contribution in [0.5, 0.6) is 0 Å². The summed E-state index contributed by atoms with van der Waals surface area (Å²) in [6.07, 6.45) is 6.88. The third kappa shape index (κ3) is 3.03. The number of halogens is 1. The Bertz CT molecular complexity index is 1360. The quantitative estimate of drug-likeness (QED) is 0.544. The van der Waals surface area contributed by atoms with Gasteiger partial charge in [0.25, 0.3) is 0 Å². The molecule has 2 atom stereocenters. The van der Waals surface area contributed by atoms with E-state index in [0.717, 1.165) is 48.7 Å². The Balaban J connectivity index is 0.986. The zero-order valence-corrected chi connectivity index (χ0v) is 21.1. The summed E-state index contributed by atoms with van der Waals surface area (Å²) in [7, 11) is 0. The van der Waals surface area contributed by atoms with Crippen LogP contribution in [0.4, 0.5) is 17.3 Å². The number of rotatable bonds is 5. The van der Waals surface area contributed by atoms with Crippen LogP contribution in [-0.4, -0.2) is 81.3 Å². The van der Waals surface area contributed by atoms with Gasteiger partial charge >= 0.3 is 0 Å². The molecular weight excluding hydrogens is 478 g/mol. The number of fused-ring (bicyclic) bond motifs is 1. The normalized spacial score (nSPS) is 32.2. The van der Waals surface area contributed by atoms with Gasteiger partial charge in [-0.05, 0) is 49.8 Å². The third-order valence-electron chi connectivity index (χ3n) is 9.27. The minimum absolute atomic E-state index is 0.148. The van der Waals surface area contributed by atoms with Crippen molar-refractivity contribution in [2.24, 2.45) is 11.3 Å². The highest BCUT2D eigenvalue weighted by atomic mass is 35.5. The van der Waals surface area contributed by atoms with Crippen LogP contribution in [0.3, 0.4) is 0 Å². The molecule has 6 aliphatic rings. The number of aliphatic hydroxyl groups is 1. The second-order valence-electron chi connectivity index (χ2n) is 11.9. The second-order valence-corrected chi connectivity index (χ2v) is 12.3. The summed E-state index contributed by atoms with van der Waals surface area (Å²) in [5.74, 6) is 1.39. The number of aromatic nitrogens is 4. The summed E-state index contributed by atoms with van der Waals surface area (Å²) < 4.78 is 7.43. The lowest BCUT2D eigenvalue weighted by atomic mass is 9.50. The maximum Gasteiger partial charge on any atom is 0.227 e. The van der Waals surface area contributed by atoms with E-state index in [9.17, 15) is 5.11 Å². The molecule has 36 heavy (non-hydrogen) atoms. The molecule has 3 aliphatic carbocycles. The Labute approximate surface area is 214 Å². The van der Waals surface area contributed by atoms with Gasteiger partial charge in [0, 0.05) is 48.9 Å². The van der Waals surface area contributed by atoms with Crippen LogP contribution in [0.2, 0.25) is 5.15 Å². The molecule has 2 bridgehead atoms. The smallest absolute Gasteiger partial charge is 0.227 e. The third-order valence-corrected chi connectivity index (χ3v) is 9.63. The SMILES string of the molecule is Cc1cc2cnc(Nc3cnn(C45CC(C4)C5)c3Cl)nc2cc1N1CC2(C1)CN([C@@H]1COC[C@@H]1O)C2.